The third kappa shape index (κ3) is 8.59. The average molecular weight is 348 g/mol. The van der Waals surface area contributed by atoms with Gasteiger partial charge in [-0.3, -0.25) is 0 Å². The molecule has 0 spiro atoms. The Kier molecular flexibility index (Phi) is 10.4. The molecule has 0 heterocycles. The fraction of sp³-hybridized carbons (Fsp3) is 0.550. The maximum atomic E-state index is 5.99. The minimum Gasteiger partial charge on any atom is -0.493 e. The second kappa shape index (κ2) is 12.4. The predicted octanol–water partition coefficient (Wildman–Crippen LogP) is 3.98. The molecule has 1 aromatic rings. The van der Waals surface area contributed by atoms with Crippen molar-refractivity contribution in [2.24, 2.45) is 5.16 Å². The molecule has 0 unspecified atom stereocenters. The van der Waals surface area contributed by atoms with Gasteiger partial charge in [0.2, 0.25) is 0 Å². The van der Waals surface area contributed by atoms with Gasteiger partial charge in [-0.25, -0.2) is 0 Å². The zero-order valence-electron chi connectivity index (χ0n) is 16.2. The van der Waals surface area contributed by atoms with Crippen molar-refractivity contribution in [3.05, 3.63) is 35.4 Å². The van der Waals surface area contributed by atoms with E-state index < -0.39 is 0 Å². The maximum absolute atomic E-state index is 5.99. The van der Waals surface area contributed by atoms with Crippen LogP contribution in [0.15, 0.2) is 29.4 Å². The van der Waals surface area contributed by atoms with Gasteiger partial charge in [-0.05, 0) is 70.5 Å². The summed E-state index contributed by atoms with van der Waals surface area (Å²) in [6, 6.07) is 4.07. The first-order valence-electron chi connectivity index (χ1n) is 8.80. The molecule has 25 heavy (non-hydrogen) atoms. The van der Waals surface area contributed by atoms with Gasteiger partial charge < -0.3 is 19.2 Å². The highest BCUT2D eigenvalue weighted by molar-refractivity contribution is 5.58. The van der Waals surface area contributed by atoms with Gasteiger partial charge in [-0.2, -0.15) is 0 Å². The number of oxime groups is 1. The molecule has 1 rings (SSSR count). The number of hydrogen-bond donors (Lipinski definition) is 0. The van der Waals surface area contributed by atoms with Crippen LogP contribution in [0.5, 0.6) is 11.5 Å². The summed E-state index contributed by atoms with van der Waals surface area (Å²) >= 11 is 0. The lowest BCUT2D eigenvalue weighted by Crippen LogP contribution is -2.22. The summed E-state index contributed by atoms with van der Waals surface area (Å²) in [6.07, 6.45) is 7.85. The van der Waals surface area contributed by atoms with Crippen molar-refractivity contribution in [1.29, 1.82) is 0 Å². The van der Waals surface area contributed by atoms with E-state index >= 15 is 0 Å². The van der Waals surface area contributed by atoms with Gasteiger partial charge >= 0.3 is 0 Å². The van der Waals surface area contributed by atoms with Gasteiger partial charge in [0.25, 0.3) is 0 Å². The van der Waals surface area contributed by atoms with Crippen LogP contribution in [0.1, 0.15) is 30.9 Å². The van der Waals surface area contributed by atoms with Crippen LogP contribution < -0.4 is 9.47 Å². The van der Waals surface area contributed by atoms with Crippen molar-refractivity contribution < 1.29 is 14.3 Å². The number of benzene rings is 1. The maximum Gasteiger partial charge on any atom is 0.125 e. The fourth-order valence-electron chi connectivity index (χ4n) is 2.46. The van der Waals surface area contributed by atoms with Crippen LogP contribution in [-0.4, -0.2) is 51.6 Å². The Morgan fingerprint density at radius 1 is 1.12 bits per heavy atom. The van der Waals surface area contributed by atoms with Gasteiger partial charge in [-0.1, -0.05) is 17.3 Å². The minimum atomic E-state index is 0.595. The van der Waals surface area contributed by atoms with Crippen LogP contribution in [-0.2, 0) is 4.84 Å². The summed E-state index contributed by atoms with van der Waals surface area (Å²) in [5, 5.41) is 3.74. The summed E-state index contributed by atoms with van der Waals surface area (Å²) in [4.78, 5) is 6.86. The Bertz CT molecular complexity index is 533. The topological polar surface area (TPSA) is 43.3 Å². The Balaban J connectivity index is 2.36. The van der Waals surface area contributed by atoms with Crippen LogP contribution >= 0.6 is 0 Å². The first-order chi connectivity index (χ1) is 12.1. The molecular formula is C20H32N2O3. The standard InChI is InChI=1S/C20H32N2O3/c1-6-7-13-24-19-15-17(2)20(18(3)16-19)25-14-9-8-11-22(4)12-10-21-23-5/h6-7,10,15-16H,8-9,11-14H2,1-5H3/b7-6+,21-10?. The van der Waals surface area contributed by atoms with Crippen LogP contribution in [0.3, 0.4) is 0 Å². The quantitative estimate of drug-likeness (QED) is 0.248. The number of unbranched alkanes of at least 4 members (excludes halogenated alkanes) is 1. The van der Waals surface area contributed by atoms with E-state index in [4.69, 9.17) is 9.47 Å². The van der Waals surface area contributed by atoms with Crippen LogP contribution in [0, 0.1) is 13.8 Å². The van der Waals surface area contributed by atoms with Gasteiger partial charge in [-0.15, -0.1) is 0 Å². The first kappa shape index (κ1) is 21.0. The van der Waals surface area contributed by atoms with Gasteiger partial charge in [0.05, 0.1) is 12.8 Å². The number of ether oxygens (including phenoxy) is 2. The summed E-state index contributed by atoms with van der Waals surface area (Å²) in [5.41, 5.74) is 2.23. The van der Waals surface area contributed by atoms with Crippen molar-refractivity contribution in [3.8, 4) is 11.5 Å². The molecule has 5 nitrogen and oxygen atoms in total. The smallest absolute Gasteiger partial charge is 0.125 e. The Morgan fingerprint density at radius 2 is 1.84 bits per heavy atom. The van der Waals surface area contributed by atoms with E-state index in [1.807, 2.05) is 31.2 Å². The molecule has 0 N–H and O–H groups in total. The van der Waals surface area contributed by atoms with Crippen molar-refractivity contribution in [2.45, 2.75) is 33.6 Å². The van der Waals surface area contributed by atoms with E-state index in [2.05, 4.69) is 35.8 Å². The average Bonchev–Trinajstić information content (AvgIpc) is 2.57. The van der Waals surface area contributed by atoms with Gasteiger partial charge in [0.15, 0.2) is 0 Å². The first-order valence-corrected chi connectivity index (χ1v) is 8.80. The summed E-state index contributed by atoms with van der Waals surface area (Å²) < 4.78 is 11.7. The Labute approximate surface area is 152 Å². The highest BCUT2D eigenvalue weighted by Crippen LogP contribution is 2.28. The molecule has 0 aliphatic rings. The van der Waals surface area contributed by atoms with Crippen LogP contribution in [0.25, 0.3) is 0 Å². The molecule has 1 aromatic carbocycles. The molecule has 0 fully saturated rings. The lowest BCUT2D eigenvalue weighted by molar-refractivity contribution is 0.213. The second-order valence-electron chi connectivity index (χ2n) is 6.05. The zero-order valence-corrected chi connectivity index (χ0v) is 16.2. The number of nitrogens with zero attached hydrogens (tertiary/aromatic N) is 2. The highest BCUT2D eigenvalue weighted by atomic mass is 16.6. The van der Waals surface area contributed by atoms with E-state index in [-0.39, 0.29) is 0 Å². The van der Waals surface area contributed by atoms with Gasteiger partial charge in [0, 0.05) is 6.54 Å². The van der Waals surface area contributed by atoms with Crippen LogP contribution in [0.4, 0.5) is 0 Å². The number of allylic oxidation sites excluding steroid dienone is 1. The Morgan fingerprint density at radius 3 is 2.48 bits per heavy atom. The number of hydrogen-bond acceptors (Lipinski definition) is 5. The third-order valence-electron chi connectivity index (χ3n) is 3.77. The summed E-state index contributed by atoms with van der Waals surface area (Å²) in [7, 11) is 3.63. The van der Waals surface area contributed by atoms with E-state index in [1.165, 1.54) is 0 Å². The second-order valence-corrected chi connectivity index (χ2v) is 6.05. The van der Waals surface area contributed by atoms with Crippen molar-refractivity contribution in [1.82, 2.24) is 4.90 Å². The van der Waals surface area contributed by atoms with E-state index in [0.29, 0.717) is 6.61 Å². The molecule has 0 aromatic heterocycles. The van der Waals surface area contributed by atoms with Crippen molar-refractivity contribution in [3.63, 3.8) is 0 Å². The molecule has 0 aliphatic heterocycles. The molecule has 0 aliphatic carbocycles. The lowest BCUT2D eigenvalue weighted by Gasteiger charge is -2.16. The molecule has 0 amide bonds. The molecule has 0 radical (unpaired) electrons. The van der Waals surface area contributed by atoms with Gasteiger partial charge in [0.1, 0.15) is 25.2 Å². The Hall–Kier alpha value is -2.01. The lowest BCUT2D eigenvalue weighted by atomic mass is 10.1. The summed E-state index contributed by atoms with van der Waals surface area (Å²) in [6.45, 7) is 9.23. The number of rotatable bonds is 12. The highest BCUT2D eigenvalue weighted by Gasteiger charge is 2.07. The molecular weight excluding hydrogens is 316 g/mol. The fourth-order valence-corrected chi connectivity index (χ4v) is 2.46. The van der Waals surface area contributed by atoms with Crippen LogP contribution in [0.2, 0.25) is 0 Å². The normalized spacial score (nSPS) is 11.6. The molecule has 0 atom stereocenters. The predicted molar refractivity (Wildman–Crippen MR) is 104 cm³/mol. The molecule has 140 valence electrons. The van der Waals surface area contributed by atoms with Crippen molar-refractivity contribution >= 4 is 6.21 Å². The zero-order chi connectivity index (χ0) is 18.5. The molecule has 0 saturated heterocycles. The van der Waals surface area contributed by atoms with E-state index in [1.54, 1.807) is 13.3 Å². The molecule has 5 heteroatoms. The minimum absolute atomic E-state index is 0.595. The molecule has 0 saturated carbocycles. The molecule has 0 bridgehead atoms. The monoisotopic (exact) mass is 348 g/mol. The van der Waals surface area contributed by atoms with Crippen molar-refractivity contribution in [2.75, 3.05) is 40.5 Å². The van der Waals surface area contributed by atoms with E-state index in [9.17, 15) is 0 Å². The third-order valence-corrected chi connectivity index (χ3v) is 3.77. The largest absolute Gasteiger partial charge is 0.493 e. The number of aryl methyl sites for hydroxylation is 2. The van der Waals surface area contributed by atoms with E-state index in [0.717, 1.165) is 55.2 Å². The summed E-state index contributed by atoms with van der Waals surface area (Å²) in [5.74, 6) is 1.86. The SMILES string of the molecule is C/C=C/COc1cc(C)c(OCCCCN(C)CC=NOC)c(C)c1.